The van der Waals surface area contributed by atoms with Crippen molar-refractivity contribution in [3.63, 3.8) is 0 Å². The van der Waals surface area contributed by atoms with Crippen molar-refractivity contribution in [1.82, 2.24) is 19.5 Å². The van der Waals surface area contributed by atoms with Gasteiger partial charge in [0.25, 0.3) is 11.9 Å². The van der Waals surface area contributed by atoms with Crippen LogP contribution in [-0.4, -0.2) is 46.2 Å². The van der Waals surface area contributed by atoms with Gasteiger partial charge in [0, 0.05) is 31.5 Å². The summed E-state index contributed by atoms with van der Waals surface area (Å²) in [6.45, 7) is 7.76. The molecule has 0 bridgehead atoms. The summed E-state index contributed by atoms with van der Waals surface area (Å²) in [6.07, 6.45) is 6.22. The number of carbonyl (C=O) groups excluding carboxylic acids is 1. The molecule has 1 amide bonds. The molecule has 4 aromatic rings. The number of halogens is 1. The van der Waals surface area contributed by atoms with Crippen LogP contribution < -0.4 is 24.8 Å². The van der Waals surface area contributed by atoms with Gasteiger partial charge in [0.1, 0.15) is 5.75 Å². The van der Waals surface area contributed by atoms with Crippen LogP contribution in [0.4, 0.5) is 11.6 Å². The highest BCUT2D eigenvalue weighted by atomic mass is 79.9. The Morgan fingerprint density at radius 3 is 2.49 bits per heavy atom. The number of aromatic nitrogens is 4. The van der Waals surface area contributed by atoms with Gasteiger partial charge in [-0.15, -0.1) is 0 Å². The molecule has 2 N–H and O–H groups in total. The van der Waals surface area contributed by atoms with Crippen LogP contribution in [-0.2, 0) is 12.0 Å². The maximum Gasteiger partial charge on any atom is 0.291 e. The molecule has 1 aromatic carbocycles. The molecule has 0 aliphatic carbocycles. The van der Waals surface area contributed by atoms with Gasteiger partial charge < -0.3 is 33.8 Å². The molecule has 0 spiro atoms. The highest BCUT2D eigenvalue weighted by Crippen LogP contribution is 2.36. The summed E-state index contributed by atoms with van der Waals surface area (Å²) in [7, 11) is 2.89. The van der Waals surface area contributed by atoms with E-state index in [1.807, 2.05) is 29.0 Å². The Morgan fingerprint density at radius 1 is 1.10 bits per heavy atom. The molecule has 0 atom stereocenters. The average Bonchev–Trinajstić information content (AvgIpc) is 3.60. The number of nitrogens with one attached hydrogen (secondary N) is 2. The maximum absolute atomic E-state index is 13.0. The highest BCUT2D eigenvalue weighted by Gasteiger charge is 2.22. The van der Waals surface area contributed by atoms with Crippen molar-refractivity contribution in [3.8, 4) is 23.5 Å². The number of amides is 1. The third kappa shape index (κ3) is 7.08. The summed E-state index contributed by atoms with van der Waals surface area (Å²) in [5, 5.41) is 5.86. The molecule has 0 aliphatic rings. The zero-order chi connectivity index (χ0) is 28.0. The van der Waals surface area contributed by atoms with Gasteiger partial charge in [0.2, 0.25) is 17.7 Å². The molecule has 3 heterocycles. The zero-order valence-corrected chi connectivity index (χ0v) is 24.0. The van der Waals surface area contributed by atoms with E-state index in [1.165, 1.54) is 20.3 Å². The first-order valence-electron chi connectivity index (χ1n) is 12.3. The number of carbonyl (C=O) groups is 1. The maximum atomic E-state index is 13.0. The standard InChI is InChI=1S/C27H31BrN6O5/c1-27(2,3)17-7-8-18(28)20(15-17)39-21-10-9-19(38-21)23(35)31-22-24(36-4)32-26(33-25(22)37-5)30-11-6-13-34-14-12-29-16-34/h7-10,12,14-16H,6,11,13H2,1-5H3,(H,31,35)(H,30,32,33). The van der Waals surface area contributed by atoms with Crippen LogP contribution in [0.1, 0.15) is 43.3 Å². The lowest BCUT2D eigenvalue weighted by Gasteiger charge is -2.20. The van der Waals surface area contributed by atoms with Crippen LogP contribution in [0.2, 0.25) is 0 Å². The Morgan fingerprint density at radius 2 is 1.85 bits per heavy atom. The molecule has 0 aliphatic heterocycles. The Bertz CT molecular complexity index is 1390. The number of methoxy groups -OCH3 is 2. The van der Waals surface area contributed by atoms with Gasteiger partial charge in [-0.25, -0.2) is 4.98 Å². The van der Waals surface area contributed by atoms with Crippen molar-refractivity contribution in [3.05, 3.63) is 64.8 Å². The van der Waals surface area contributed by atoms with E-state index in [0.717, 1.165) is 23.0 Å². The van der Waals surface area contributed by atoms with Crippen LogP contribution in [0.3, 0.4) is 0 Å². The minimum Gasteiger partial charge on any atom is -0.479 e. The van der Waals surface area contributed by atoms with E-state index in [4.69, 9.17) is 18.6 Å². The van der Waals surface area contributed by atoms with Gasteiger partial charge in [0.15, 0.2) is 11.4 Å². The van der Waals surface area contributed by atoms with Gasteiger partial charge in [0.05, 0.1) is 25.0 Å². The number of anilines is 2. The quantitative estimate of drug-likeness (QED) is 0.203. The SMILES string of the molecule is COc1nc(NCCCn2ccnc2)nc(OC)c1NC(=O)c1ccc(Oc2cc(C(C)(C)C)ccc2Br)o1. The number of ether oxygens (including phenoxy) is 3. The lowest BCUT2D eigenvalue weighted by atomic mass is 9.87. The molecule has 11 nitrogen and oxygen atoms in total. The average molecular weight is 599 g/mol. The monoisotopic (exact) mass is 598 g/mol. The zero-order valence-electron chi connectivity index (χ0n) is 22.4. The summed E-state index contributed by atoms with van der Waals surface area (Å²) in [6, 6.07) is 8.98. The van der Waals surface area contributed by atoms with Crippen molar-refractivity contribution >= 4 is 33.5 Å². The van der Waals surface area contributed by atoms with Crippen LogP contribution in [0.15, 0.2) is 57.9 Å². The number of nitrogens with zero attached hydrogens (tertiary/aromatic N) is 4. The second kappa shape index (κ2) is 12.2. The summed E-state index contributed by atoms with van der Waals surface area (Å²) in [4.78, 5) is 25.8. The fraction of sp³-hybridized carbons (Fsp3) is 0.333. The molecule has 0 fully saturated rings. The number of hydrogen-bond acceptors (Lipinski definition) is 9. The summed E-state index contributed by atoms with van der Waals surface area (Å²) in [5.74, 6) is 0.805. The molecule has 0 saturated heterocycles. The number of furan rings is 1. The molecule has 206 valence electrons. The van der Waals surface area contributed by atoms with Crippen molar-refractivity contribution in [2.45, 2.75) is 39.2 Å². The molecule has 3 aromatic heterocycles. The molecule has 12 heteroatoms. The minimum atomic E-state index is -0.548. The van der Waals surface area contributed by atoms with E-state index in [2.05, 4.69) is 62.3 Å². The normalized spacial score (nSPS) is 11.2. The Kier molecular flexibility index (Phi) is 8.75. The fourth-order valence-electron chi connectivity index (χ4n) is 3.61. The number of benzene rings is 1. The summed E-state index contributed by atoms with van der Waals surface area (Å²) in [5.41, 5.74) is 1.22. The van der Waals surface area contributed by atoms with Crippen LogP contribution in [0, 0.1) is 0 Å². The van der Waals surface area contributed by atoms with Gasteiger partial charge in [-0.2, -0.15) is 9.97 Å². The number of imidazole rings is 1. The smallest absolute Gasteiger partial charge is 0.291 e. The second-order valence-electron chi connectivity index (χ2n) is 9.59. The van der Waals surface area contributed by atoms with Crippen LogP contribution in [0.5, 0.6) is 23.5 Å². The Labute approximate surface area is 235 Å². The fourth-order valence-corrected chi connectivity index (χ4v) is 3.94. The van der Waals surface area contributed by atoms with E-state index in [1.54, 1.807) is 18.6 Å². The van der Waals surface area contributed by atoms with E-state index in [9.17, 15) is 4.79 Å². The van der Waals surface area contributed by atoms with Gasteiger partial charge in [-0.05, 0) is 51.5 Å². The predicted molar refractivity (Wildman–Crippen MR) is 150 cm³/mol. The molecule has 4 rings (SSSR count). The van der Waals surface area contributed by atoms with Crippen molar-refractivity contribution < 1.29 is 23.4 Å². The van der Waals surface area contributed by atoms with Crippen LogP contribution in [0.25, 0.3) is 0 Å². The molecule has 0 radical (unpaired) electrons. The molecular weight excluding hydrogens is 568 g/mol. The first-order valence-corrected chi connectivity index (χ1v) is 13.1. The first kappa shape index (κ1) is 28.0. The van der Waals surface area contributed by atoms with Crippen LogP contribution >= 0.6 is 15.9 Å². The molecule has 39 heavy (non-hydrogen) atoms. The highest BCUT2D eigenvalue weighted by molar-refractivity contribution is 9.10. The van der Waals surface area contributed by atoms with E-state index < -0.39 is 5.91 Å². The third-order valence-corrected chi connectivity index (χ3v) is 6.37. The topological polar surface area (TPSA) is 126 Å². The molecule has 0 saturated carbocycles. The van der Waals surface area contributed by atoms with Crippen molar-refractivity contribution in [1.29, 1.82) is 0 Å². The second-order valence-corrected chi connectivity index (χ2v) is 10.4. The predicted octanol–water partition coefficient (Wildman–Crippen LogP) is 5.89. The van der Waals surface area contributed by atoms with Gasteiger partial charge in [-0.3, -0.25) is 4.79 Å². The van der Waals surface area contributed by atoms with Gasteiger partial charge in [-0.1, -0.05) is 26.8 Å². The molecular formula is C27H31BrN6O5. The minimum absolute atomic E-state index is 0.0268. The first-order chi connectivity index (χ1) is 18.7. The number of hydrogen-bond donors (Lipinski definition) is 2. The third-order valence-electron chi connectivity index (χ3n) is 5.72. The summed E-state index contributed by atoms with van der Waals surface area (Å²) >= 11 is 3.50. The van der Waals surface area contributed by atoms with E-state index in [-0.39, 0.29) is 34.6 Å². The summed E-state index contributed by atoms with van der Waals surface area (Å²) < 4.78 is 25.2. The Hall–Kier alpha value is -4.06. The molecule has 0 unspecified atom stereocenters. The van der Waals surface area contributed by atoms with Gasteiger partial charge >= 0.3 is 0 Å². The Balaban J connectivity index is 1.44. The van der Waals surface area contributed by atoms with Crippen molar-refractivity contribution in [2.24, 2.45) is 0 Å². The van der Waals surface area contributed by atoms with E-state index in [0.29, 0.717) is 18.2 Å². The number of aryl methyl sites for hydroxylation is 1. The van der Waals surface area contributed by atoms with E-state index >= 15 is 0 Å². The number of rotatable bonds is 11. The largest absolute Gasteiger partial charge is 0.479 e. The lowest BCUT2D eigenvalue weighted by molar-refractivity contribution is 0.0990. The lowest BCUT2D eigenvalue weighted by Crippen LogP contribution is -2.15. The van der Waals surface area contributed by atoms with Crippen molar-refractivity contribution in [2.75, 3.05) is 31.4 Å².